The summed E-state index contributed by atoms with van der Waals surface area (Å²) in [7, 11) is 0. The smallest absolute Gasteiger partial charge is 0.275 e. The molecule has 0 saturated carbocycles. The van der Waals surface area contributed by atoms with E-state index in [1.807, 2.05) is 6.92 Å². The molecule has 106 valence electrons. The summed E-state index contributed by atoms with van der Waals surface area (Å²) in [5.41, 5.74) is 1.80. The van der Waals surface area contributed by atoms with Gasteiger partial charge in [-0.25, -0.2) is 4.98 Å². The van der Waals surface area contributed by atoms with Crippen molar-refractivity contribution in [1.29, 1.82) is 5.26 Å². The van der Waals surface area contributed by atoms with E-state index in [-0.39, 0.29) is 11.6 Å². The normalized spacial score (nSPS) is 9.71. The van der Waals surface area contributed by atoms with Crippen molar-refractivity contribution in [3.05, 3.63) is 47.9 Å². The minimum Gasteiger partial charge on any atom is -0.369 e. The van der Waals surface area contributed by atoms with E-state index in [2.05, 4.69) is 26.7 Å². The molecule has 1 aromatic carbocycles. The van der Waals surface area contributed by atoms with Crippen LogP contribution in [0.4, 0.5) is 11.5 Å². The molecule has 2 aromatic rings. The Morgan fingerprint density at radius 1 is 1.29 bits per heavy atom. The molecule has 1 amide bonds. The number of aromatic nitrogens is 2. The predicted molar refractivity (Wildman–Crippen MR) is 79.9 cm³/mol. The summed E-state index contributed by atoms with van der Waals surface area (Å²) in [5, 5.41) is 14.4. The lowest BCUT2D eigenvalue weighted by atomic mass is 10.1. The number of rotatable bonds is 5. The average Bonchev–Trinajstić information content (AvgIpc) is 2.50. The molecule has 0 atom stereocenters. The molecular formula is C15H15N5O. The van der Waals surface area contributed by atoms with Crippen LogP contribution < -0.4 is 10.6 Å². The number of nitriles is 1. The second-order valence-electron chi connectivity index (χ2n) is 4.31. The molecule has 2 rings (SSSR count). The largest absolute Gasteiger partial charge is 0.369 e. The Balaban J connectivity index is 2.07. The highest BCUT2D eigenvalue weighted by atomic mass is 16.1. The van der Waals surface area contributed by atoms with Gasteiger partial charge in [0.1, 0.15) is 11.5 Å². The quantitative estimate of drug-likeness (QED) is 0.877. The van der Waals surface area contributed by atoms with E-state index in [0.29, 0.717) is 24.5 Å². The predicted octanol–water partition coefficient (Wildman–Crippen LogP) is 2.23. The molecule has 6 heteroatoms. The van der Waals surface area contributed by atoms with Crippen molar-refractivity contribution in [3.8, 4) is 6.07 Å². The lowest BCUT2D eigenvalue weighted by Crippen LogP contribution is -2.15. The maximum atomic E-state index is 12.1. The minimum atomic E-state index is -0.324. The van der Waals surface area contributed by atoms with E-state index >= 15 is 0 Å². The van der Waals surface area contributed by atoms with E-state index < -0.39 is 0 Å². The number of anilines is 2. The Labute approximate surface area is 122 Å². The second-order valence-corrected chi connectivity index (χ2v) is 4.31. The van der Waals surface area contributed by atoms with Crippen molar-refractivity contribution < 1.29 is 4.79 Å². The summed E-state index contributed by atoms with van der Waals surface area (Å²) in [6.45, 7) is 2.65. The molecule has 0 radical (unpaired) electrons. The first-order valence-electron chi connectivity index (χ1n) is 6.56. The Bertz CT molecular complexity index is 661. The molecule has 0 aliphatic carbocycles. The first-order valence-corrected chi connectivity index (χ1v) is 6.56. The molecule has 0 bridgehead atoms. The first-order chi connectivity index (χ1) is 10.2. The number of hydrogen-bond acceptors (Lipinski definition) is 5. The van der Waals surface area contributed by atoms with Gasteiger partial charge in [0.2, 0.25) is 0 Å². The van der Waals surface area contributed by atoms with E-state index in [1.165, 1.54) is 6.20 Å². The number of carbonyl (C=O) groups is 1. The van der Waals surface area contributed by atoms with Crippen molar-refractivity contribution in [2.24, 2.45) is 0 Å². The van der Waals surface area contributed by atoms with Crippen LogP contribution in [0.1, 0.15) is 23.0 Å². The first kappa shape index (κ1) is 14.5. The zero-order valence-corrected chi connectivity index (χ0v) is 11.6. The Morgan fingerprint density at radius 3 is 2.71 bits per heavy atom. The average molecular weight is 281 g/mol. The zero-order chi connectivity index (χ0) is 15.1. The molecule has 0 saturated heterocycles. The molecular weight excluding hydrogens is 266 g/mol. The van der Waals surface area contributed by atoms with Crippen molar-refractivity contribution in [2.45, 2.75) is 13.3 Å². The third kappa shape index (κ3) is 4.01. The van der Waals surface area contributed by atoms with Crippen molar-refractivity contribution in [2.75, 3.05) is 17.2 Å². The van der Waals surface area contributed by atoms with Gasteiger partial charge in [0.25, 0.3) is 5.91 Å². The summed E-state index contributed by atoms with van der Waals surface area (Å²) in [6.07, 6.45) is 3.33. The molecule has 0 fully saturated rings. The zero-order valence-electron chi connectivity index (χ0n) is 11.6. The van der Waals surface area contributed by atoms with Gasteiger partial charge in [-0.15, -0.1) is 0 Å². The van der Waals surface area contributed by atoms with Crippen LogP contribution in [0.25, 0.3) is 0 Å². The van der Waals surface area contributed by atoms with Crippen LogP contribution in [-0.2, 0) is 6.42 Å². The Kier molecular flexibility index (Phi) is 4.83. The molecule has 21 heavy (non-hydrogen) atoms. The van der Waals surface area contributed by atoms with E-state index in [9.17, 15) is 4.79 Å². The SMILES string of the molecule is CCNc1cncc(C(=O)Nc2ccc(CC#N)cc2)n1. The molecule has 0 aliphatic heterocycles. The van der Waals surface area contributed by atoms with Crippen LogP contribution in [-0.4, -0.2) is 22.4 Å². The highest BCUT2D eigenvalue weighted by molar-refractivity contribution is 6.02. The number of amides is 1. The fraction of sp³-hybridized carbons (Fsp3) is 0.200. The Hall–Kier alpha value is -2.94. The van der Waals surface area contributed by atoms with Gasteiger partial charge < -0.3 is 10.6 Å². The fourth-order valence-electron chi connectivity index (χ4n) is 1.73. The molecule has 0 aliphatic rings. The summed E-state index contributed by atoms with van der Waals surface area (Å²) >= 11 is 0. The lowest BCUT2D eigenvalue weighted by Gasteiger charge is -2.07. The summed E-state index contributed by atoms with van der Waals surface area (Å²) in [4.78, 5) is 20.2. The van der Waals surface area contributed by atoms with Crippen molar-refractivity contribution >= 4 is 17.4 Å². The minimum absolute atomic E-state index is 0.245. The Morgan fingerprint density at radius 2 is 2.05 bits per heavy atom. The van der Waals surface area contributed by atoms with Crippen LogP contribution in [0, 0.1) is 11.3 Å². The van der Waals surface area contributed by atoms with Crippen molar-refractivity contribution in [1.82, 2.24) is 9.97 Å². The van der Waals surface area contributed by atoms with Gasteiger partial charge in [0, 0.05) is 12.2 Å². The monoisotopic (exact) mass is 281 g/mol. The fourth-order valence-corrected chi connectivity index (χ4v) is 1.73. The van der Waals surface area contributed by atoms with Gasteiger partial charge in [-0.2, -0.15) is 5.26 Å². The van der Waals surface area contributed by atoms with Crippen LogP contribution in [0.3, 0.4) is 0 Å². The third-order valence-electron chi connectivity index (χ3n) is 2.72. The maximum Gasteiger partial charge on any atom is 0.275 e. The number of benzene rings is 1. The van der Waals surface area contributed by atoms with Gasteiger partial charge >= 0.3 is 0 Å². The summed E-state index contributed by atoms with van der Waals surface area (Å²) in [5.74, 6) is 0.241. The standard InChI is InChI=1S/C15H15N5O/c1-2-18-14-10-17-9-13(20-14)15(21)19-12-5-3-11(4-6-12)7-8-16/h3-6,9-10H,2,7H2,1H3,(H,18,20)(H,19,21). The number of nitrogens with one attached hydrogen (secondary N) is 2. The number of nitrogens with zero attached hydrogens (tertiary/aromatic N) is 3. The number of carbonyl (C=O) groups excluding carboxylic acids is 1. The van der Waals surface area contributed by atoms with Gasteiger partial charge in [0.05, 0.1) is 24.9 Å². The molecule has 2 N–H and O–H groups in total. The maximum absolute atomic E-state index is 12.1. The van der Waals surface area contributed by atoms with Gasteiger partial charge in [-0.05, 0) is 24.6 Å². The highest BCUT2D eigenvalue weighted by Crippen LogP contribution is 2.11. The van der Waals surface area contributed by atoms with Gasteiger partial charge in [0.15, 0.2) is 0 Å². The second kappa shape index (κ2) is 7.01. The summed E-state index contributed by atoms with van der Waals surface area (Å²) < 4.78 is 0. The molecule has 1 aromatic heterocycles. The van der Waals surface area contributed by atoms with Crippen LogP contribution in [0.2, 0.25) is 0 Å². The molecule has 1 heterocycles. The van der Waals surface area contributed by atoms with E-state index in [4.69, 9.17) is 5.26 Å². The van der Waals surface area contributed by atoms with Crippen LogP contribution >= 0.6 is 0 Å². The third-order valence-corrected chi connectivity index (χ3v) is 2.72. The molecule has 0 unspecified atom stereocenters. The topological polar surface area (TPSA) is 90.7 Å². The van der Waals surface area contributed by atoms with Crippen LogP contribution in [0.15, 0.2) is 36.7 Å². The lowest BCUT2D eigenvalue weighted by molar-refractivity contribution is 0.102. The van der Waals surface area contributed by atoms with Crippen LogP contribution in [0.5, 0.6) is 0 Å². The number of hydrogen-bond donors (Lipinski definition) is 2. The summed E-state index contributed by atoms with van der Waals surface area (Å²) in [6, 6.07) is 9.20. The van der Waals surface area contributed by atoms with E-state index in [1.54, 1.807) is 30.5 Å². The highest BCUT2D eigenvalue weighted by Gasteiger charge is 2.09. The molecule has 6 nitrogen and oxygen atoms in total. The van der Waals surface area contributed by atoms with E-state index in [0.717, 1.165) is 5.56 Å². The molecule has 0 spiro atoms. The van der Waals surface area contributed by atoms with Gasteiger partial charge in [-0.3, -0.25) is 9.78 Å². The van der Waals surface area contributed by atoms with Gasteiger partial charge in [-0.1, -0.05) is 12.1 Å². The van der Waals surface area contributed by atoms with Crippen molar-refractivity contribution in [3.63, 3.8) is 0 Å².